The van der Waals surface area contributed by atoms with Gasteiger partial charge < -0.3 is 4.74 Å². The highest BCUT2D eigenvalue weighted by molar-refractivity contribution is 6.30. The fourth-order valence-corrected chi connectivity index (χ4v) is 4.92. The molecule has 0 spiro atoms. The summed E-state index contributed by atoms with van der Waals surface area (Å²) < 4.78 is 5.26. The quantitative estimate of drug-likeness (QED) is 0.351. The topological polar surface area (TPSA) is 29.5 Å². The summed E-state index contributed by atoms with van der Waals surface area (Å²) in [6, 6.07) is 8.91. The molecular formula is C28H46ClNO2. The molecule has 3 nitrogen and oxygen atoms in total. The van der Waals surface area contributed by atoms with Gasteiger partial charge in [0, 0.05) is 17.5 Å². The molecular weight excluding hydrogens is 418 g/mol. The molecule has 1 saturated carbocycles. The Balaban J connectivity index is 2.26. The van der Waals surface area contributed by atoms with Gasteiger partial charge in [-0.25, -0.2) is 0 Å². The molecule has 3 atom stereocenters. The molecule has 0 N–H and O–H groups in total. The van der Waals surface area contributed by atoms with Crippen LogP contribution in [0.1, 0.15) is 98.5 Å². The lowest BCUT2D eigenvalue weighted by molar-refractivity contribution is -0.144. The van der Waals surface area contributed by atoms with Crippen LogP contribution < -0.4 is 0 Å². The molecule has 0 radical (unpaired) electrons. The molecule has 1 aliphatic carbocycles. The highest BCUT2D eigenvalue weighted by atomic mass is 35.5. The smallest absolute Gasteiger partial charge is 0.306 e. The minimum atomic E-state index is -0.0527. The Morgan fingerprint density at radius 2 is 1.56 bits per heavy atom. The van der Waals surface area contributed by atoms with Crippen LogP contribution in [0.25, 0.3) is 0 Å². The van der Waals surface area contributed by atoms with Gasteiger partial charge >= 0.3 is 5.97 Å². The molecule has 1 aromatic carbocycles. The lowest BCUT2D eigenvalue weighted by atomic mass is 9.72. The van der Waals surface area contributed by atoms with E-state index in [4.69, 9.17) is 16.3 Å². The van der Waals surface area contributed by atoms with Crippen LogP contribution in [0.15, 0.2) is 24.3 Å². The summed E-state index contributed by atoms with van der Waals surface area (Å²) in [7, 11) is 0. The SMILES string of the molecule is CCOC(=O)CC1CC[C@@H](N(CCC(C)(C)C)CCC(C)(C)C)C(c2ccc(Cl)cc2)C1. The number of ether oxygens (including phenoxy) is 1. The van der Waals surface area contributed by atoms with Gasteiger partial charge in [0.1, 0.15) is 0 Å². The Hall–Kier alpha value is -1.06. The Bertz CT molecular complexity index is 684. The second kappa shape index (κ2) is 11.9. The monoisotopic (exact) mass is 463 g/mol. The van der Waals surface area contributed by atoms with Crippen LogP contribution >= 0.6 is 11.6 Å². The van der Waals surface area contributed by atoms with Gasteiger partial charge in [0.15, 0.2) is 0 Å². The van der Waals surface area contributed by atoms with Gasteiger partial charge in [0.25, 0.3) is 0 Å². The highest BCUT2D eigenvalue weighted by Gasteiger charge is 2.36. The van der Waals surface area contributed by atoms with Crippen molar-refractivity contribution in [2.45, 2.75) is 99.0 Å². The summed E-state index contributed by atoms with van der Waals surface area (Å²) >= 11 is 6.21. The normalized spacial score (nSPS) is 22.2. The lowest BCUT2D eigenvalue weighted by Crippen LogP contribution is -2.45. The number of rotatable bonds is 9. The van der Waals surface area contributed by atoms with Crippen molar-refractivity contribution in [3.63, 3.8) is 0 Å². The molecule has 1 aliphatic rings. The number of hydrogen-bond acceptors (Lipinski definition) is 3. The van der Waals surface area contributed by atoms with Crippen molar-refractivity contribution >= 4 is 17.6 Å². The number of carbonyl (C=O) groups excluding carboxylic acids is 1. The third kappa shape index (κ3) is 9.43. The number of hydrogen-bond donors (Lipinski definition) is 0. The molecule has 2 rings (SSSR count). The second-order valence-electron chi connectivity index (χ2n) is 12.1. The van der Waals surface area contributed by atoms with Gasteiger partial charge in [0.05, 0.1) is 6.61 Å². The molecule has 0 bridgehead atoms. The van der Waals surface area contributed by atoms with E-state index >= 15 is 0 Å². The predicted molar refractivity (Wildman–Crippen MR) is 136 cm³/mol. The second-order valence-corrected chi connectivity index (χ2v) is 12.5. The standard InChI is InChI=1S/C28H46ClNO2/c1-8-32-26(31)20-21-9-14-25(24(19-21)22-10-12-23(29)13-11-22)30(17-15-27(2,3)4)18-16-28(5,6)7/h10-13,21,24-25H,8-9,14-20H2,1-7H3/t21?,24?,25-/m1/s1. The van der Waals surface area contributed by atoms with Gasteiger partial charge in [-0.15, -0.1) is 0 Å². The molecule has 32 heavy (non-hydrogen) atoms. The Labute approximate surface area is 202 Å². The maximum Gasteiger partial charge on any atom is 0.306 e. The van der Waals surface area contributed by atoms with Crippen molar-refractivity contribution in [1.29, 1.82) is 0 Å². The highest BCUT2D eigenvalue weighted by Crippen LogP contribution is 2.41. The molecule has 0 heterocycles. The first kappa shape index (κ1) is 27.2. The van der Waals surface area contributed by atoms with Crippen LogP contribution in [0.3, 0.4) is 0 Å². The number of esters is 1. The summed E-state index contributed by atoms with van der Waals surface area (Å²) in [6.45, 7) is 18.6. The molecule has 0 aromatic heterocycles. The van der Waals surface area contributed by atoms with Crippen LogP contribution in [0.5, 0.6) is 0 Å². The van der Waals surface area contributed by atoms with Crippen LogP contribution in [-0.4, -0.2) is 36.6 Å². The molecule has 1 fully saturated rings. The average molecular weight is 464 g/mol. The Morgan fingerprint density at radius 3 is 2.06 bits per heavy atom. The number of nitrogens with zero attached hydrogens (tertiary/aromatic N) is 1. The zero-order chi connectivity index (χ0) is 23.9. The van der Waals surface area contributed by atoms with Gasteiger partial charge in [-0.2, -0.15) is 0 Å². The maximum absolute atomic E-state index is 12.2. The first-order valence-electron chi connectivity index (χ1n) is 12.5. The molecule has 182 valence electrons. The molecule has 0 saturated heterocycles. The van der Waals surface area contributed by atoms with E-state index in [0.717, 1.165) is 37.4 Å². The molecule has 4 heteroatoms. The average Bonchev–Trinajstić information content (AvgIpc) is 2.67. The Kier molecular flexibility index (Phi) is 10.1. The molecule has 1 aromatic rings. The molecule has 0 amide bonds. The van der Waals surface area contributed by atoms with E-state index < -0.39 is 0 Å². The molecule has 2 unspecified atom stereocenters. The van der Waals surface area contributed by atoms with E-state index in [-0.39, 0.29) is 5.97 Å². The lowest BCUT2D eigenvalue weighted by Gasteiger charge is -2.44. The van der Waals surface area contributed by atoms with E-state index in [1.54, 1.807) is 0 Å². The third-order valence-electron chi connectivity index (χ3n) is 6.75. The van der Waals surface area contributed by atoms with Crippen molar-refractivity contribution in [3.8, 4) is 0 Å². The van der Waals surface area contributed by atoms with E-state index in [0.29, 0.717) is 41.7 Å². The zero-order valence-corrected chi connectivity index (χ0v) is 22.3. The first-order chi connectivity index (χ1) is 14.9. The van der Waals surface area contributed by atoms with Crippen LogP contribution in [0.4, 0.5) is 0 Å². The van der Waals surface area contributed by atoms with Crippen LogP contribution in [0.2, 0.25) is 5.02 Å². The number of carbonyl (C=O) groups is 1. The summed E-state index contributed by atoms with van der Waals surface area (Å²) in [5.41, 5.74) is 1.98. The van der Waals surface area contributed by atoms with E-state index in [1.165, 1.54) is 18.4 Å². The van der Waals surface area contributed by atoms with E-state index in [2.05, 4.69) is 58.6 Å². The zero-order valence-electron chi connectivity index (χ0n) is 21.5. The van der Waals surface area contributed by atoms with Crippen LogP contribution in [-0.2, 0) is 9.53 Å². The first-order valence-corrected chi connectivity index (χ1v) is 12.9. The Morgan fingerprint density at radius 1 is 1.00 bits per heavy atom. The van der Waals surface area contributed by atoms with Crippen molar-refractivity contribution in [1.82, 2.24) is 4.90 Å². The molecule has 0 aliphatic heterocycles. The fourth-order valence-electron chi connectivity index (χ4n) is 4.79. The van der Waals surface area contributed by atoms with Gasteiger partial charge in [-0.05, 0) is 92.5 Å². The van der Waals surface area contributed by atoms with Crippen molar-refractivity contribution < 1.29 is 9.53 Å². The third-order valence-corrected chi connectivity index (χ3v) is 7.00. The fraction of sp³-hybridized carbons (Fsp3) is 0.750. The van der Waals surface area contributed by atoms with E-state index in [1.807, 2.05) is 19.1 Å². The van der Waals surface area contributed by atoms with Crippen molar-refractivity contribution in [2.75, 3.05) is 19.7 Å². The summed E-state index contributed by atoms with van der Waals surface area (Å²) in [6.07, 6.45) is 6.17. The minimum absolute atomic E-state index is 0.0527. The predicted octanol–water partition coefficient (Wildman–Crippen LogP) is 7.72. The van der Waals surface area contributed by atoms with Crippen LogP contribution in [0, 0.1) is 16.7 Å². The largest absolute Gasteiger partial charge is 0.466 e. The van der Waals surface area contributed by atoms with Crippen molar-refractivity contribution in [2.24, 2.45) is 16.7 Å². The number of halogens is 1. The summed E-state index contributed by atoms with van der Waals surface area (Å²) in [4.78, 5) is 15.0. The van der Waals surface area contributed by atoms with Gasteiger partial charge in [0.2, 0.25) is 0 Å². The summed E-state index contributed by atoms with van der Waals surface area (Å²) in [5, 5.41) is 0.779. The van der Waals surface area contributed by atoms with E-state index in [9.17, 15) is 4.79 Å². The summed E-state index contributed by atoms with van der Waals surface area (Å²) in [5.74, 6) is 0.751. The van der Waals surface area contributed by atoms with Gasteiger partial charge in [-0.3, -0.25) is 9.69 Å². The van der Waals surface area contributed by atoms with Crippen molar-refractivity contribution in [3.05, 3.63) is 34.9 Å². The van der Waals surface area contributed by atoms with Gasteiger partial charge in [-0.1, -0.05) is 65.3 Å². The number of benzene rings is 1. The minimum Gasteiger partial charge on any atom is -0.466 e. The maximum atomic E-state index is 12.2.